The van der Waals surface area contributed by atoms with E-state index in [0.717, 1.165) is 40.8 Å². The summed E-state index contributed by atoms with van der Waals surface area (Å²) in [4.78, 5) is 0. The van der Waals surface area contributed by atoms with Crippen LogP contribution >= 0.6 is 11.8 Å². The average molecular weight is 413 g/mol. The van der Waals surface area contributed by atoms with Crippen LogP contribution in [0.1, 0.15) is 31.6 Å². The third-order valence-corrected chi connectivity index (χ3v) is 5.85. The lowest BCUT2D eigenvalue weighted by Gasteiger charge is -2.22. The van der Waals surface area contributed by atoms with E-state index in [2.05, 4.69) is 22.4 Å². The minimum Gasteiger partial charge on any atom is -0.497 e. The highest BCUT2D eigenvalue weighted by Gasteiger charge is 2.37. The largest absolute Gasteiger partial charge is 0.497 e. The number of hydrogen-bond donors (Lipinski definition) is 0. The van der Waals surface area contributed by atoms with Gasteiger partial charge in [-0.05, 0) is 54.5 Å². The number of rotatable bonds is 8. The summed E-state index contributed by atoms with van der Waals surface area (Å²) in [5.41, 5.74) is 1.67. The van der Waals surface area contributed by atoms with Crippen molar-refractivity contribution in [2.24, 2.45) is 0 Å². The number of para-hydroxylation sites is 1. The molecule has 152 valence electrons. The fourth-order valence-corrected chi connectivity index (χ4v) is 4.07. The molecule has 0 saturated carbocycles. The molecule has 1 aromatic heterocycles. The molecule has 2 aromatic carbocycles. The van der Waals surface area contributed by atoms with Gasteiger partial charge in [-0.1, -0.05) is 42.1 Å². The highest BCUT2D eigenvalue weighted by atomic mass is 32.2. The Morgan fingerprint density at radius 3 is 2.72 bits per heavy atom. The van der Waals surface area contributed by atoms with Crippen LogP contribution in [0, 0.1) is 0 Å². The van der Waals surface area contributed by atoms with E-state index in [-0.39, 0.29) is 11.9 Å². The molecule has 4 rings (SSSR count). The van der Waals surface area contributed by atoms with Gasteiger partial charge in [-0.3, -0.25) is 0 Å². The number of thioether (sulfide) groups is 1. The Labute approximate surface area is 174 Å². The van der Waals surface area contributed by atoms with Crippen LogP contribution in [-0.2, 0) is 9.47 Å². The van der Waals surface area contributed by atoms with Gasteiger partial charge in [0.05, 0.1) is 25.0 Å². The van der Waals surface area contributed by atoms with Crippen molar-refractivity contribution in [1.82, 2.24) is 20.2 Å². The van der Waals surface area contributed by atoms with Crippen LogP contribution in [0.2, 0.25) is 0 Å². The van der Waals surface area contributed by atoms with Crippen molar-refractivity contribution in [3.8, 4) is 11.4 Å². The van der Waals surface area contributed by atoms with Gasteiger partial charge in [-0.2, -0.15) is 4.68 Å². The summed E-state index contributed by atoms with van der Waals surface area (Å²) in [6.07, 6.45) is 1.55. The van der Waals surface area contributed by atoms with E-state index in [0.29, 0.717) is 6.61 Å². The predicted molar refractivity (Wildman–Crippen MR) is 110 cm³/mol. The van der Waals surface area contributed by atoms with E-state index in [1.807, 2.05) is 54.6 Å². The number of ether oxygens (including phenoxy) is 3. The van der Waals surface area contributed by atoms with Gasteiger partial charge in [0.2, 0.25) is 5.16 Å². The van der Waals surface area contributed by atoms with Crippen molar-refractivity contribution in [3.63, 3.8) is 0 Å². The van der Waals surface area contributed by atoms with E-state index in [4.69, 9.17) is 14.2 Å². The number of tetrazole rings is 1. The quantitative estimate of drug-likeness (QED) is 0.408. The third kappa shape index (κ3) is 4.77. The lowest BCUT2D eigenvalue weighted by Crippen LogP contribution is -2.27. The Hall–Kier alpha value is -2.42. The van der Waals surface area contributed by atoms with Gasteiger partial charge in [0.15, 0.2) is 6.29 Å². The molecule has 1 aliphatic heterocycles. The standard InChI is InChI=1S/C21H24N4O3S/c1-21(15-27-19(28-21)16-9-11-18(26-2)12-10-16)13-6-14-29-20-22-23-24-25(20)17-7-4-3-5-8-17/h3-5,7-12,19H,6,13-15H2,1-2H3/t19?,21-/m0/s1. The van der Waals surface area contributed by atoms with Gasteiger partial charge in [0.1, 0.15) is 5.75 Å². The smallest absolute Gasteiger partial charge is 0.214 e. The van der Waals surface area contributed by atoms with Gasteiger partial charge < -0.3 is 14.2 Å². The van der Waals surface area contributed by atoms with Crippen molar-refractivity contribution < 1.29 is 14.2 Å². The number of hydrogen-bond acceptors (Lipinski definition) is 7. The van der Waals surface area contributed by atoms with Crippen LogP contribution in [0.25, 0.3) is 5.69 Å². The summed E-state index contributed by atoms with van der Waals surface area (Å²) in [6, 6.07) is 17.7. The zero-order valence-electron chi connectivity index (χ0n) is 16.5. The summed E-state index contributed by atoms with van der Waals surface area (Å²) in [5.74, 6) is 1.73. The number of benzene rings is 2. The first-order valence-corrected chi connectivity index (χ1v) is 10.6. The van der Waals surface area contributed by atoms with Gasteiger partial charge in [-0.15, -0.1) is 5.10 Å². The highest BCUT2D eigenvalue weighted by molar-refractivity contribution is 7.99. The van der Waals surface area contributed by atoms with Crippen LogP contribution < -0.4 is 4.74 Å². The van der Waals surface area contributed by atoms with Crippen LogP contribution in [0.3, 0.4) is 0 Å². The molecule has 2 atom stereocenters. The van der Waals surface area contributed by atoms with E-state index < -0.39 is 0 Å². The molecule has 0 aliphatic carbocycles. The minimum absolute atomic E-state index is 0.295. The van der Waals surface area contributed by atoms with Gasteiger partial charge in [-0.25, -0.2) is 0 Å². The van der Waals surface area contributed by atoms with Crippen molar-refractivity contribution in [3.05, 3.63) is 60.2 Å². The van der Waals surface area contributed by atoms with E-state index in [1.165, 1.54) is 0 Å². The first-order chi connectivity index (χ1) is 14.2. The van der Waals surface area contributed by atoms with Gasteiger partial charge >= 0.3 is 0 Å². The SMILES string of the molecule is COc1ccc(C2OC[C@](C)(CCCSc3nnnn3-c3ccccc3)O2)cc1. The Bertz CT molecular complexity index is 919. The van der Waals surface area contributed by atoms with Crippen LogP contribution in [0.4, 0.5) is 0 Å². The molecular weight excluding hydrogens is 388 g/mol. The second-order valence-corrected chi connectivity index (χ2v) is 8.21. The highest BCUT2D eigenvalue weighted by Crippen LogP contribution is 2.37. The molecule has 1 saturated heterocycles. The Morgan fingerprint density at radius 1 is 1.17 bits per heavy atom. The van der Waals surface area contributed by atoms with Crippen LogP contribution in [0.15, 0.2) is 59.8 Å². The lowest BCUT2D eigenvalue weighted by atomic mass is 10.0. The summed E-state index contributed by atoms with van der Waals surface area (Å²) in [6.45, 7) is 2.69. The molecule has 0 bridgehead atoms. The first kappa shape index (κ1) is 19.9. The molecule has 0 radical (unpaired) electrons. The fourth-order valence-electron chi connectivity index (χ4n) is 3.24. The molecule has 2 heterocycles. The molecule has 0 spiro atoms. The van der Waals surface area contributed by atoms with Crippen molar-refractivity contribution in [2.75, 3.05) is 19.5 Å². The van der Waals surface area contributed by atoms with Gasteiger partial charge in [0.25, 0.3) is 0 Å². The first-order valence-electron chi connectivity index (χ1n) is 9.57. The Kier molecular flexibility index (Phi) is 6.13. The zero-order chi connectivity index (χ0) is 20.1. The molecule has 0 N–H and O–H groups in total. The second-order valence-electron chi connectivity index (χ2n) is 7.14. The number of methoxy groups -OCH3 is 1. The van der Waals surface area contributed by atoms with E-state index >= 15 is 0 Å². The number of aromatic nitrogens is 4. The van der Waals surface area contributed by atoms with E-state index in [9.17, 15) is 0 Å². The molecule has 3 aromatic rings. The second kappa shape index (κ2) is 8.94. The molecule has 7 nitrogen and oxygen atoms in total. The molecular formula is C21H24N4O3S. The molecule has 1 fully saturated rings. The molecule has 8 heteroatoms. The van der Waals surface area contributed by atoms with Crippen molar-refractivity contribution in [1.29, 1.82) is 0 Å². The minimum atomic E-state index is -0.330. The van der Waals surface area contributed by atoms with Crippen molar-refractivity contribution in [2.45, 2.75) is 36.8 Å². The lowest BCUT2D eigenvalue weighted by molar-refractivity contribution is -0.0888. The summed E-state index contributed by atoms with van der Waals surface area (Å²) in [7, 11) is 1.66. The molecule has 29 heavy (non-hydrogen) atoms. The Morgan fingerprint density at radius 2 is 1.97 bits per heavy atom. The summed E-state index contributed by atoms with van der Waals surface area (Å²) in [5, 5.41) is 12.8. The zero-order valence-corrected chi connectivity index (χ0v) is 17.3. The van der Waals surface area contributed by atoms with Gasteiger partial charge in [0, 0.05) is 11.3 Å². The topological polar surface area (TPSA) is 71.3 Å². The van der Waals surface area contributed by atoms with Crippen LogP contribution in [0.5, 0.6) is 5.75 Å². The molecule has 0 amide bonds. The Balaban J connectivity index is 1.27. The summed E-state index contributed by atoms with van der Waals surface area (Å²) >= 11 is 1.65. The summed E-state index contributed by atoms with van der Waals surface area (Å²) < 4.78 is 19.1. The average Bonchev–Trinajstić information content (AvgIpc) is 3.39. The molecule has 1 unspecified atom stereocenters. The normalized spacial score (nSPS) is 21.4. The monoisotopic (exact) mass is 412 g/mol. The third-order valence-electron chi connectivity index (χ3n) is 4.84. The maximum absolute atomic E-state index is 6.22. The van der Waals surface area contributed by atoms with Crippen LogP contribution in [-0.4, -0.2) is 45.3 Å². The number of nitrogens with zero attached hydrogens (tertiary/aromatic N) is 4. The maximum Gasteiger partial charge on any atom is 0.214 e. The van der Waals surface area contributed by atoms with E-state index in [1.54, 1.807) is 23.6 Å². The predicted octanol–water partition coefficient (Wildman–Crippen LogP) is 4.05. The fraction of sp³-hybridized carbons (Fsp3) is 0.381. The maximum atomic E-state index is 6.22. The van der Waals surface area contributed by atoms with Crippen molar-refractivity contribution >= 4 is 11.8 Å². The molecule has 1 aliphatic rings.